The molecule has 0 atom stereocenters. The van der Waals surface area contributed by atoms with Crippen LogP contribution in [0.15, 0.2) is 54.6 Å². The summed E-state index contributed by atoms with van der Waals surface area (Å²) in [5.74, 6) is 1.97. The fraction of sp³-hybridized carbons (Fsp3) is 0.227. The maximum absolute atomic E-state index is 12.0. The molecule has 8 nitrogen and oxygen atoms in total. The summed E-state index contributed by atoms with van der Waals surface area (Å²) in [6, 6.07) is 16.8. The van der Waals surface area contributed by atoms with E-state index in [4.69, 9.17) is 4.74 Å². The van der Waals surface area contributed by atoms with Crippen molar-refractivity contribution in [2.45, 2.75) is 13.8 Å². The van der Waals surface area contributed by atoms with Gasteiger partial charge in [0, 0.05) is 36.2 Å². The number of rotatable bonds is 8. The summed E-state index contributed by atoms with van der Waals surface area (Å²) in [6.45, 7) is 4.77. The van der Waals surface area contributed by atoms with Crippen LogP contribution in [0.2, 0.25) is 0 Å². The van der Waals surface area contributed by atoms with Gasteiger partial charge in [-0.05, 0) is 49.7 Å². The van der Waals surface area contributed by atoms with Crippen molar-refractivity contribution in [1.82, 2.24) is 15.3 Å². The Morgan fingerprint density at radius 1 is 1.00 bits per heavy atom. The van der Waals surface area contributed by atoms with Crippen LogP contribution in [0.1, 0.15) is 11.3 Å². The number of nitrogens with zero attached hydrogens (tertiary/aromatic N) is 2. The second-order valence-electron chi connectivity index (χ2n) is 6.69. The smallest absolute Gasteiger partial charge is 0.319 e. The lowest BCUT2D eigenvalue weighted by atomic mass is 10.2. The Morgan fingerprint density at radius 2 is 1.77 bits per heavy atom. The van der Waals surface area contributed by atoms with Crippen LogP contribution in [0.5, 0.6) is 5.75 Å². The van der Waals surface area contributed by atoms with Gasteiger partial charge >= 0.3 is 6.03 Å². The first-order valence-corrected chi connectivity index (χ1v) is 9.64. The first kappa shape index (κ1) is 20.9. The zero-order valence-corrected chi connectivity index (χ0v) is 17.3. The Hall–Kier alpha value is -3.81. The summed E-state index contributed by atoms with van der Waals surface area (Å²) in [4.78, 5) is 20.9. The van der Waals surface area contributed by atoms with Gasteiger partial charge in [0.05, 0.1) is 7.11 Å². The number of hydrogen-bond donors (Lipinski definition) is 4. The lowest BCUT2D eigenvalue weighted by Gasteiger charge is -2.12. The van der Waals surface area contributed by atoms with Gasteiger partial charge in [0.1, 0.15) is 11.6 Å². The maximum atomic E-state index is 12.0. The average Bonchev–Trinajstić information content (AvgIpc) is 2.73. The van der Waals surface area contributed by atoms with Crippen molar-refractivity contribution in [2.75, 3.05) is 36.1 Å². The summed E-state index contributed by atoms with van der Waals surface area (Å²) in [7, 11) is 1.63. The second kappa shape index (κ2) is 10.1. The molecular weight excluding hydrogens is 380 g/mol. The molecular formula is C22H26N6O2. The molecule has 0 saturated carbocycles. The Balaban J connectivity index is 1.49. The Bertz CT molecular complexity index is 991. The molecule has 3 rings (SSSR count). The lowest BCUT2D eigenvalue weighted by molar-refractivity contribution is 0.252. The van der Waals surface area contributed by atoms with Gasteiger partial charge in [0.25, 0.3) is 0 Å². The molecule has 0 fully saturated rings. The van der Waals surface area contributed by atoms with E-state index in [-0.39, 0.29) is 6.03 Å². The van der Waals surface area contributed by atoms with Crippen LogP contribution in [-0.4, -0.2) is 36.2 Å². The molecule has 0 saturated heterocycles. The van der Waals surface area contributed by atoms with Crippen molar-refractivity contribution in [3.63, 3.8) is 0 Å². The van der Waals surface area contributed by atoms with E-state index in [0.717, 1.165) is 28.4 Å². The number of methoxy groups -OCH3 is 1. The molecule has 0 aliphatic carbocycles. The van der Waals surface area contributed by atoms with Crippen molar-refractivity contribution in [3.05, 3.63) is 65.9 Å². The van der Waals surface area contributed by atoms with Crippen molar-refractivity contribution >= 4 is 29.2 Å². The highest BCUT2D eigenvalue weighted by molar-refractivity contribution is 5.90. The number of benzene rings is 2. The van der Waals surface area contributed by atoms with Crippen LogP contribution in [0.25, 0.3) is 0 Å². The van der Waals surface area contributed by atoms with Crippen LogP contribution in [0.3, 0.4) is 0 Å². The van der Waals surface area contributed by atoms with Gasteiger partial charge in [-0.3, -0.25) is 0 Å². The summed E-state index contributed by atoms with van der Waals surface area (Å²) in [5.41, 5.74) is 3.53. The largest absolute Gasteiger partial charge is 0.497 e. The molecule has 30 heavy (non-hydrogen) atoms. The van der Waals surface area contributed by atoms with Gasteiger partial charge in [-0.1, -0.05) is 18.2 Å². The fourth-order valence-corrected chi connectivity index (χ4v) is 2.76. The third-order valence-electron chi connectivity index (χ3n) is 4.30. The van der Waals surface area contributed by atoms with Gasteiger partial charge < -0.3 is 26.0 Å². The number of para-hydroxylation sites is 1. The maximum Gasteiger partial charge on any atom is 0.319 e. The van der Waals surface area contributed by atoms with E-state index in [1.165, 1.54) is 0 Å². The van der Waals surface area contributed by atoms with Gasteiger partial charge in [-0.25, -0.2) is 9.78 Å². The Morgan fingerprint density at radius 3 is 2.50 bits per heavy atom. The van der Waals surface area contributed by atoms with Crippen molar-refractivity contribution in [1.29, 1.82) is 0 Å². The van der Waals surface area contributed by atoms with Crippen LogP contribution in [0.4, 0.5) is 27.9 Å². The molecule has 0 radical (unpaired) electrons. The van der Waals surface area contributed by atoms with Crippen molar-refractivity contribution < 1.29 is 9.53 Å². The standard InChI is InChI=1S/C22H26N6O2/c1-15-6-4-5-7-19(15)27-22(29)24-13-12-23-21-25-16(2)14-20(28-21)26-17-8-10-18(30-3)11-9-17/h4-11,14H,12-13H2,1-3H3,(H2,24,27,29)(H2,23,25,26,28). The van der Waals surface area contributed by atoms with Crippen LogP contribution >= 0.6 is 0 Å². The highest BCUT2D eigenvalue weighted by Gasteiger charge is 2.05. The molecule has 0 aliphatic heterocycles. The van der Waals surface area contributed by atoms with Gasteiger partial charge in [0.2, 0.25) is 5.95 Å². The number of urea groups is 1. The number of anilines is 4. The van der Waals surface area contributed by atoms with E-state index >= 15 is 0 Å². The van der Waals surface area contributed by atoms with Crippen LogP contribution < -0.4 is 26.0 Å². The van der Waals surface area contributed by atoms with Gasteiger partial charge in [-0.15, -0.1) is 0 Å². The number of aromatic nitrogens is 2. The monoisotopic (exact) mass is 406 g/mol. The molecule has 2 aromatic carbocycles. The van der Waals surface area contributed by atoms with Crippen LogP contribution in [-0.2, 0) is 0 Å². The SMILES string of the molecule is COc1ccc(Nc2cc(C)nc(NCCNC(=O)Nc3ccccc3C)n2)cc1. The molecule has 4 N–H and O–H groups in total. The zero-order valence-electron chi connectivity index (χ0n) is 17.3. The average molecular weight is 406 g/mol. The van der Waals surface area contributed by atoms with E-state index in [2.05, 4.69) is 31.2 Å². The number of ether oxygens (including phenoxy) is 1. The molecule has 156 valence electrons. The molecule has 8 heteroatoms. The normalized spacial score (nSPS) is 10.2. The zero-order chi connectivity index (χ0) is 21.3. The molecule has 2 amide bonds. The molecule has 0 bridgehead atoms. The third-order valence-corrected chi connectivity index (χ3v) is 4.30. The number of hydrogen-bond acceptors (Lipinski definition) is 6. The third kappa shape index (κ3) is 6.10. The molecule has 1 heterocycles. The summed E-state index contributed by atoms with van der Waals surface area (Å²) in [5, 5.41) is 12.0. The first-order valence-electron chi connectivity index (χ1n) is 9.64. The lowest BCUT2D eigenvalue weighted by Crippen LogP contribution is -2.33. The van der Waals surface area contributed by atoms with Crippen molar-refractivity contribution in [2.24, 2.45) is 0 Å². The highest BCUT2D eigenvalue weighted by atomic mass is 16.5. The van der Waals surface area contributed by atoms with Gasteiger partial charge in [0.15, 0.2) is 0 Å². The quantitative estimate of drug-likeness (QED) is 0.421. The molecule has 0 spiro atoms. The molecule has 1 aromatic heterocycles. The van der Waals surface area contributed by atoms with E-state index < -0.39 is 0 Å². The number of nitrogens with one attached hydrogen (secondary N) is 4. The fourth-order valence-electron chi connectivity index (χ4n) is 2.76. The Kier molecular flexibility index (Phi) is 7.05. The number of aryl methyl sites for hydroxylation is 2. The topological polar surface area (TPSA) is 100 Å². The predicted octanol–water partition coefficient (Wildman–Crippen LogP) is 4.08. The first-order chi connectivity index (χ1) is 14.5. The molecule has 3 aromatic rings. The summed E-state index contributed by atoms with van der Waals surface area (Å²) < 4.78 is 5.17. The van der Waals surface area contributed by atoms with Crippen LogP contribution in [0, 0.1) is 13.8 Å². The predicted molar refractivity (Wildman–Crippen MR) is 120 cm³/mol. The second-order valence-corrected chi connectivity index (χ2v) is 6.69. The summed E-state index contributed by atoms with van der Waals surface area (Å²) >= 11 is 0. The molecule has 0 aliphatic rings. The molecule has 0 unspecified atom stereocenters. The van der Waals surface area contributed by atoms with E-state index in [9.17, 15) is 4.79 Å². The summed E-state index contributed by atoms with van der Waals surface area (Å²) in [6.07, 6.45) is 0. The van der Waals surface area contributed by atoms with E-state index in [0.29, 0.717) is 24.9 Å². The number of carbonyl (C=O) groups excluding carboxylic acids is 1. The van der Waals surface area contributed by atoms with Gasteiger partial charge in [-0.2, -0.15) is 4.98 Å². The van der Waals surface area contributed by atoms with Crippen molar-refractivity contribution in [3.8, 4) is 5.75 Å². The van der Waals surface area contributed by atoms with E-state index in [1.54, 1.807) is 7.11 Å². The minimum absolute atomic E-state index is 0.252. The Labute approximate surface area is 176 Å². The number of amides is 2. The highest BCUT2D eigenvalue weighted by Crippen LogP contribution is 2.20. The minimum Gasteiger partial charge on any atom is -0.497 e. The number of carbonyl (C=O) groups is 1. The van der Waals surface area contributed by atoms with E-state index in [1.807, 2.05) is 68.4 Å². The minimum atomic E-state index is -0.252.